The molecule has 130 valence electrons. The van der Waals surface area contributed by atoms with Crippen molar-refractivity contribution in [3.8, 4) is 0 Å². The molecule has 0 aliphatic carbocycles. The number of anilines is 2. The van der Waals surface area contributed by atoms with Gasteiger partial charge in [-0.15, -0.1) is 0 Å². The maximum absolute atomic E-state index is 12.4. The number of rotatable bonds is 3. The number of hydrogen-bond acceptors (Lipinski definition) is 3. The van der Waals surface area contributed by atoms with Crippen molar-refractivity contribution in [2.45, 2.75) is 13.0 Å². The third kappa shape index (κ3) is 3.41. The fraction of sp³-hybridized carbons (Fsp3) is 0.143. The van der Waals surface area contributed by atoms with Crippen molar-refractivity contribution in [2.24, 2.45) is 0 Å². The lowest BCUT2D eigenvalue weighted by atomic mass is 10.00. The zero-order valence-electron chi connectivity index (χ0n) is 14.2. The Balaban J connectivity index is 1.47. The van der Waals surface area contributed by atoms with E-state index in [2.05, 4.69) is 39.5 Å². The summed E-state index contributed by atoms with van der Waals surface area (Å²) >= 11 is 6.09. The van der Waals surface area contributed by atoms with Crippen molar-refractivity contribution in [1.29, 1.82) is 0 Å². The molecule has 0 saturated heterocycles. The molecular weight excluding hydrogens is 346 g/mol. The molecule has 0 fully saturated rings. The number of carbonyl (C=O) groups excluding carboxylic acids is 1. The first kappa shape index (κ1) is 16.6. The highest BCUT2D eigenvalue weighted by atomic mass is 35.5. The second kappa shape index (κ2) is 7.18. The number of hydrogen-bond donors (Lipinski definition) is 1. The molecule has 0 radical (unpaired) electrons. The van der Waals surface area contributed by atoms with E-state index in [1.165, 1.54) is 11.1 Å². The summed E-state index contributed by atoms with van der Waals surface area (Å²) in [5.74, 6) is 0.662. The molecule has 0 atom stereocenters. The number of benzene rings is 2. The van der Waals surface area contributed by atoms with E-state index in [1.807, 2.05) is 18.2 Å². The van der Waals surface area contributed by atoms with Crippen LogP contribution in [0.1, 0.15) is 21.5 Å². The van der Waals surface area contributed by atoms with E-state index >= 15 is 0 Å². The lowest BCUT2D eigenvalue weighted by Gasteiger charge is -2.29. The second-order valence-corrected chi connectivity index (χ2v) is 6.69. The third-order valence-electron chi connectivity index (χ3n) is 4.59. The first-order valence-corrected chi connectivity index (χ1v) is 8.92. The minimum Gasteiger partial charge on any atom is -0.352 e. The molecule has 0 unspecified atom stereocenters. The van der Waals surface area contributed by atoms with Crippen molar-refractivity contribution < 1.29 is 4.79 Å². The van der Waals surface area contributed by atoms with Gasteiger partial charge in [0.15, 0.2) is 0 Å². The summed E-state index contributed by atoms with van der Waals surface area (Å²) in [6, 6.07) is 19.4. The topological polar surface area (TPSA) is 45.2 Å². The van der Waals surface area contributed by atoms with Gasteiger partial charge in [0.1, 0.15) is 5.82 Å². The first-order chi connectivity index (χ1) is 12.7. The summed E-state index contributed by atoms with van der Waals surface area (Å²) in [4.78, 5) is 19.1. The maximum Gasteiger partial charge on any atom is 0.257 e. The van der Waals surface area contributed by atoms with Gasteiger partial charge in [-0.25, -0.2) is 4.98 Å². The highest BCUT2D eigenvalue weighted by Gasteiger charge is 2.17. The SMILES string of the molecule is O=C(Nc1ccccc1Cl)c1ccc(N2CCc3ccccc3C2)nc1. The minimum absolute atomic E-state index is 0.221. The lowest BCUT2D eigenvalue weighted by molar-refractivity contribution is 0.102. The van der Waals surface area contributed by atoms with Crippen LogP contribution in [0.2, 0.25) is 5.02 Å². The van der Waals surface area contributed by atoms with Gasteiger partial charge in [0.2, 0.25) is 0 Å². The van der Waals surface area contributed by atoms with E-state index in [1.54, 1.807) is 24.4 Å². The monoisotopic (exact) mass is 363 g/mol. The molecule has 3 aromatic rings. The fourth-order valence-corrected chi connectivity index (χ4v) is 3.34. The Bertz CT molecular complexity index is 940. The van der Waals surface area contributed by atoms with E-state index in [4.69, 9.17) is 11.6 Å². The Hall–Kier alpha value is -2.85. The molecular formula is C21H18ClN3O. The zero-order chi connectivity index (χ0) is 17.9. The van der Waals surface area contributed by atoms with Crippen molar-refractivity contribution >= 4 is 29.0 Å². The summed E-state index contributed by atoms with van der Waals surface area (Å²) < 4.78 is 0. The van der Waals surface area contributed by atoms with Gasteiger partial charge in [0.25, 0.3) is 5.91 Å². The van der Waals surface area contributed by atoms with E-state index in [0.29, 0.717) is 16.3 Å². The van der Waals surface area contributed by atoms with Gasteiger partial charge in [0.05, 0.1) is 16.3 Å². The summed E-state index contributed by atoms with van der Waals surface area (Å²) in [5, 5.41) is 3.33. The Morgan fingerprint density at radius 3 is 2.54 bits per heavy atom. The highest BCUT2D eigenvalue weighted by molar-refractivity contribution is 6.33. The number of carbonyl (C=O) groups is 1. The largest absolute Gasteiger partial charge is 0.352 e. The molecule has 0 bridgehead atoms. The number of pyridine rings is 1. The van der Waals surface area contributed by atoms with Crippen molar-refractivity contribution in [3.63, 3.8) is 0 Å². The Kier molecular flexibility index (Phi) is 4.59. The van der Waals surface area contributed by atoms with Crippen LogP contribution in [0.25, 0.3) is 0 Å². The first-order valence-electron chi connectivity index (χ1n) is 8.54. The predicted molar refractivity (Wildman–Crippen MR) is 105 cm³/mol. The number of fused-ring (bicyclic) bond motifs is 1. The fourth-order valence-electron chi connectivity index (χ4n) is 3.16. The second-order valence-electron chi connectivity index (χ2n) is 6.28. The number of nitrogens with zero attached hydrogens (tertiary/aromatic N) is 2. The zero-order valence-corrected chi connectivity index (χ0v) is 14.9. The van der Waals surface area contributed by atoms with Gasteiger partial charge in [-0.05, 0) is 41.8 Å². The molecule has 1 aromatic heterocycles. The number of nitrogens with one attached hydrogen (secondary N) is 1. The Labute approximate surface area is 157 Å². The molecule has 1 amide bonds. The van der Waals surface area contributed by atoms with Gasteiger partial charge in [-0.2, -0.15) is 0 Å². The van der Waals surface area contributed by atoms with Crippen LogP contribution in [0.15, 0.2) is 66.9 Å². The molecule has 1 aliphatic rings. The quantitative estimate of drug-likeness (QED) is 0.742. The Morgan fingerprint density at radius 1 is 1.00 bits per heavy atom. The average molecular weight is 364 g/mol. The number of amides is 1. The maximum atomic E-state index is 12.4. The summed E-state index contributed by atoms with van der Waals surface area (Å²) in [6.45, 7) is 1.77. The highest BCUT2D eigenvalue weighted by Crippen LogP contribution is 2.24. The molecule has 0 saturated carbocycles. The molecule has 5 heteroatoms. The molecule has 1 aliphatic heterocycles. The van der Waals surface area contributed by atoms with Crippen LogP contribution in [-0.2, 0) is 13.0 Å². The van der Waals surface area contributed by atoms with Crippen molar-refractivity contribution in [3.05, 3.63) is 88.6 Å². The van der Waals surface area contributed by atoms with E-state index in [-0.39, 0.29) is 5.91 Å². The average Bonchev–Trinajstić information content (AvgIpc) is 2.69. The molecule has 4 nitrogen and oxygen atoms in total. The Morgan fingerprint density at radius 2 is 1.77 bits per heavy atom. The summed E-state index contributed by atoms with van der Waals surface area (Å²) in [6.07, 6.45) is 2.62. The number of para-hydroxylation sites is 1. The normalized spacial score (nSPS) is 13.2. The van der Waals surface area contributed by atoms with Crippen molar-refractivity contribution in [2.75, 3.05) is 16.8 Å². The van der Waals surface area contributed by atoms with Crippen molar-refractivity contribution in [1.82, 2.24) is 4.98 Å². The van der Waals surface area contributed by atoms with E-state index in [9.17, 15) is 4.79 Å². The smallest absolute Gasteiger partial charge is 0.257 e. The van der Waals surface area contributed by atoms with Crippen LogP contribution < -0.4 is 10.2 Å². The number of halogens is 1. The van der Waals surface area contributed by atoms with Gasteiger partial charge in [-0.1, -0.05) is 48.0 Å². The molecule has 0 spiro atoms. The van der Waals surface area contributed by atoms with Crippen LogP contribution in [0.5, 0.6) is 0 Å². The predicted octanol–water partition coefficient (Wildman–Crippen LogP) is 4.55. The minimum atomic E-state index is -0.221. The molecule has 26 heavy (non-hydrogen) atoms. The van der Waals surface area contributed by atoms with Crippen LogP contribution in [-0.4, -0.2) is 17.4 Å². The van der Waals surface area contributed by atoms with Crippen LogP contribution in [0.3, 0.4) is 0 Å². The lowest BCUT2D eigenvalue weighted by Crippen LogP contribution is -2.31. The summed E-state index contributed by atoms with van der Waals surface area (Å²) in [7, 11) is 0. The van der Waals surface area contributed by atoms with Crippen LogP contribution in [0.4, 0.5) is 11.5 Å². The van der Waals surface area contributed by atoms with E-state index < -0.39 is 0 Å². The van der Waals surface area contributed by atoms with Crippen LogP contribution in [0, 0.1) is 0 Å². The molecule has 4 rings (SSSR count). The molecule has 1 N–H and O–H groups in total. The summed E-state index contributed by atoms with van der Waals surface area (Å²) in [5.41, 5.74) is 3.84. The number of aromatic nitrogens is 1. The standard InChI is InChI=1S/C21H18ClN3O/c22-18-7-3-4-8-19(18)24-21(26)16-9-10-20(23-13-16)25-12-11-15-5-1-2-6-17(15)14-25/h1-10,13H,11-12,14H2,(H,24,26). The van der Waals surface area contributed by atoms with Crippen LogP contribution >= 0.6 is 11.6 Å². The van der Waals surface area contributed by atoms with Gasteiger partial charge in [-0.3, -0.25) is 4.79 Å². The van der Waals surface area contributed by atoms with Gasteiger partial charge in [0, 0.05) is 19.3 Å². The van der Waals surface area contributed by atoms with E-state index in [0.717, 1.165) is 25.3 Å². The third-order valence-corrected chi connectivity index (χ3v) is 4.92. The molecule has 2 heterocycles. The van der Waals surface area contributed by atoms with Gasteiger partial charge < -0.3 is 10.2 Å². The molecule has 2 aromatic carbocycles. The van der Waals surface area contributed by atoms with Gasteiger partial charge >= 0.3 is 0 Å².